The molecule has 0 bridgehead atoms. The molecular weight excluding hydrogens is 222 g/mol. The first kappa shape index (κ1) is 13.6. The molecule has 3 atom stereocenters. The van der Waals surface area contributed by atoms with Gasteiger partial charge in [0, 0.05) is 5.41 Å². The molecule has 0 heterocycles. The van der Waals surface area contributed by atoms with Gasteiger partial charge in [-0.25, -0.2) is 0 Å². The Labute approximate surface area is 111 Å². The molecule has 2 aliphatic rings. The minimum absolute atomic E-state index is 0.225. The smallest absolute Gasteiger partial charge is 0.158 e. The number of carbonyl (C=O) groups excluding carboxylic acids is 1. The Kier molecular flexibility index (Phi) is 3.54. The fraction of sp³-hybridized carbons (Fsp3) is 0.875. The van der Waals surface area contributed by atoms with E-state index in [-0.39, 0.29) is 11.2 Å². The van der Waals surface area contributed by atoms with Crippen LogP contribution < -0.4 is 0 Å². The zero-order chi connectivity index (χ0) is 13.4. The molecule has 2 nitrogen and oxygen atoms in total. The van der Waals surface area contributed by atoms with Gasteiger partial charge in [0.25, 0.3) is 0 Å². The van der Waals surface area contributed by atoms with E-state index in [9.17, 15) is 10.1 Å². The molecule has 18 heavy (non-hydrogen) atoms. The second kappa shape index (κ2) is 4.68. The monoisotopic (exact) mass is 247 g/mol. The molecule has 0 radical (unpaired) electrons. The number of rotatable bonds is 1. The zero-order valence-corrected chi connectivity index (χ0v) is 12.0. The average Bonchev–Trinajstić information content (AvgIpc) is 2.33. The van der Waals surface area contributed by atoms with Crippen molar-refractivity contribution >= 4 is 5.78 Å². The first-order valence-electron chi connectivity index (χ1n) is 7.38. The molecule has 0 aliphatic heterocycles. The van der Waals surface area contributed by atoms with Crippen LogP contribution in [0.3, 0.4) is 0 Å². The lowest BCUT2D eigenvalue weighted by Crippen LogP contribution is -2.49. The third-order valence-corrected chi connectivity index (χ3v) is 5.23. The van der Waals surface area contributed by atoms with Gasteiger partial charge in [0.2, 0.25) is 0 Å². The van der Waals surface area contributed by atoms with E-state index in [1.54, 1.807) is 0 Å². The minimum atomic E-state index is -0.670. The number of carbonyl (C=O) groups is 1. The second-order valence-corrected chi connectivity index (χ2v) is 7.12. The highest BCUT2D eigenvalue weighted by Gasteiger charge is 2.53. The topological polar surface area (TPSA) is 40.9 Å². The lowest BCUT2D eigenvalue weighted by atomic mass is 9.55. The summed E-state index contributed by atoms with van der Waals surface area (Å²) in [5, 5.41) is 9.71. The maximum Gasteiger partial charge on any atom is 0.158 e. The van der Waals surface area contributed by atoms with Gasteiger partial charge in [0.05, 0.1) is 6.07 Å². The molecule has 0 aromatic carbocycles. The van der Waals surface area contributed by atoms with Gasteiger partial charge in [-0.3, -0.25) is 4.79 Å². The molecule has 2 fully saturated rings. The van der Waals surface area contributed by atoms with Crippen molar-refractivity contribution in [1.82, 2.24) is 0 Å². The highest BCUT2D eigenvalue weighted by Crippen LogP contribution is 2.51. The Morgan fingerprint density at radius 3 is 2.56 bits per heavy atom. The van der Waals surface area contributed by atoms with E-state index in [1.165, 1.54) is 12.8 Å². The van der Waals surface area contributed by atoms with Crippen molar-refractivity contribution < 1.29 is 4.79 Å². The molecule has 2 saturated carbocycles. The van der Waals surface area contributed by atoms with E-state index in [0.29, 0.717) is 11.8 Å². The Hall–Kier alpha value is -0.840. The molecule has 0 aromatic heterocycles. The van der Waals surface area contributed by atoms with E-state index in [2.05, 4.69) is 13.0 Å². The molecule has 0 spiro atoms. The zero-order valence-electron chi connectivity index (χ0n) is 12.0. The lowest BCUT2D eigenvalue weighted by molar-refractivity contribution is -0.142. The summed E-state index contributed by atoms with van der Waals surface area (Å²) in [7, 11) is 0. The fourth-order valence-electron chi connectivity index (χ4n) is 4.11. The Bertz CT molecular complexity index is 379. The van der Waals surface area contributed by atoms with E-state index in [4.69, 9.17) is 0 Å². The minimum Gasteiger partial charge on any atom is -0.297 e. The third-order valence-electron chi connectivity index (χ3n) is 5.23. The van der Waals surface area contributed by atoms with Crippen molar-refractivity contribution in [3.8, 4) is 6.07 Å². The van der Waals surface area contributed by atoms with Crippen molar-refractivity contribution in [3.05, 3.63) is 0 Å². The number of ketones is 1. The van der Waals surface area contributed by atoms with Crippen LogP contribution in [0.4, 0.5) is 0 Å². The maximum atomic E-state index is 12.8. The standard InChI is InChI=1S/C16H25NO/c1-12-6-4-7-13(10-12)16(11-17)9-5-8-15(2,3)14(16)18/h12-13H,4-10H2,1-3H3. The highest BCUT2D eigenvalue weighted by atomic mass is 16.1. The summed E-state index contributed by atoms with van der Waals surface area (Å²) in [6, 6.07) is 2.46. The summed E-state index contributed by atoms with van der Waals surface area (Å²) in [6.45, 7) is 6.30. The van der Waals surface area contributed by atoms with Crippen LogP contribution in [0.5, 0.6) is 0 Å². The van der Waals surface area contributed by atoms with Gasteiger partial charge in [-0.2, -0.15) is 5.26 Å². The molecule has 3 unspecified atom stereocenters. The summed E-state index contributed by atoms with van der Waals surface area (Å²) >= 11 is 0. The molecule has 0 aromatic rings. The van der Waals surface area contributed by atoms with Crippen molar-refractivity contribution in [3.63, 3.8) is 0 Å². The van der Waals surface area contributed by atoms with Gasteiger partial charge in [-0.15, -0.1) is 0 Å². The summed E-state index contributed by atoms with van der Waals surface area (Å²) in [5.74, 6) is 1.20. The Morgan fingerprint density at radius 2 is 1.94 bits per heavy atom. The molecule has 0 amide bonds. The predicted molar refractivity (Wildman–Crippen MR) is 71.8 cm³/mol. The number of nitriles is 1. The predicted octanol–water partition coefficient (Wildman–Crippen LogP) is 4.10. The molecule has 100 valence electrons. The SMILES string of the molecule is CC1CCCC(C2(C#N)CCCC(C)(C)C2=O)C1. The van der Waals surface area contributed by atoms with Gasteiger partial charge in [-0.1, -0.05) is 40.0 Å². The fourth-order valence-corrected chi connectivity index (χ4v) is 4.11. The summed E-state index contributed by atoms with van der Waals surface area (Å²) in [4.78, 5) is 12.8. The largest absolute Gasteiger partial charge is 0.297 e. The molecular formula is C16H25NO. The van der Waals surface area contributed by atoms with Crippen LogP contribution in [0.25, 0.3) is 0 Å². The van der Waals surface area contributed by atoms with Crippen LogP contribution in [0, 0.1) is 34.0 Å². The highest BCUT2D eigenvalue weighted by molar-refractivity contribution is 5.93. The quantitative estimate of drug-likeness (QED) is 0.700. The van der Waals surface area contributed by atoms with Crippen molar-refractivity contribution in [2.24, 2.45) is 22.7 Å². The van der Waals surface area contributed by atoms with Crippen molar-refractivity contribution in [2.45, 2.75) is 65.7 Å². The Morgan fingerprint density at radius 1 is 1.22 bits per heavy atom. The molecule has 2 aliphatic carbocycles. The first-order valence-corrected chi connectivity index (χ1v) is 7.38. The van der Waals surface area contributed by atoms with Gasteiger partial charge in [-0.05, 0) is 37.5 Å². The first-order chi connectivity index (χ1) is 8.42. The van der Waals surface area contributed by atoms with Crippen molar-refractivity contribution in [1.29, 1.82) is 5.26 Å². The normalized spacial score (nSPS) is 40.2. The summed E-state index contributed by atoms with van der Waals surface area (Å²) in [5.41, 5.74) is -0.967. The van der Waals surface area contributed by atoms with Crippen LogP contribution in [-0.2, 0) is 4.79 Å². The van der Waals surface area contributed by atoms with Crippen LogP contribution >= 0.6 is 0 Å². The lowest BCUT2D eigenvalue weighted by Gasteiger charge is -2.45. The molecule has 0 saturated heterocycles. The van der Waals surface area contributed by atoms with E-state index >= 15 is 0 Å². The van der Waals surface area contributed by atoms with Gasteiger partial charge < -0.3 is 0 Å². The molecule has 2 heteroatoms. The average molecular weight is 247 g/mol. The third kappa shape index (κ3) is 2.09. The Balaban J connectivity index is 2.30. The van der Waals surface area contributed by atoms with Gasteiger partial charge >= 0.3 is 0 Å². The number of hydrogen-bond acceptors (Lipinski definition) is 2. The number of nitrogens with zero attached hydrogens (tertiary/aromatic N) is 1. The number of hydrogen-bond donors (Lipinski definition) is 0. The van der Waals surface area contributed by atoms with Crippen LogP contribution in [0.2, 0.25) is 0 Å². The molecule has 0 N–H and O–H groups in total. The number of Topliss-reactive ketones (excluding diaryl/α,β-unsaturated/α-hetero) is 1. The van der Waals surface area contributed by atoms with Crippen LogP contribution in [0.1, 0.15) is 65.7 Å². The van der Waals surface area contributed by atoms with E-state index < -0.39 is 5.41 Å². The molecule has 2 rings (SSSR count). The van der Waals surface area contributed by atoms with Gasteiger partial charge in [0.15, 0.2) is 5.78 Å². The maximum absolute atomic E-state index is 12.8. The second-order valence-electron chi connectivity index (χ2n) is 7.12. The van der Waals surface area contributed by atoms with Crippen molar-refractivity contribution in [2.75, 3.05) is 0 Å². The summed E-state index contributed by atoms with van der Waals surface area (Å²) < 4.78 is 0. The van der Waals surface area contributed by atoms with Crippen LogP contribution in [0.15, 0.2) is 0 Å². The summed E-state index contributed by atoms with van der Waals surface area (Å²) in [6.07, 6.45) is 7.34. The van der Waals surface area contributed by atoms with Gasteiger partial charge in [0.1, 0.15) is 5.41 Å². The van der Waals surface area contributed by atoms with E-state index in [0.717, 1.165) is 32.1 Å². The van der Waals surface area contributed by atoms with E-state index in [1.807, 2.05) is 13.8 Å². The van der Waals surface area contributed by atoms with Crippen LogP contribution in [-0.4, -0.2) is 5.78 Å².